The molecule has 1 aliphatic rings. The number of carbonyl (C=O) groups is 1. The largest absolute Gasteiger partial charge is 0.349 e. The fraction of sp³-hybridized carbons (Fsp3) is 0.500. The molecular weight excluding hydrogens is 333 g/mol. The van der Waals surface area contributed by atoms with Gasteiger partial charge < -0.3 is 5.32 Å². The Morgan fingerprint density at radius 2 is 2.05 bits per heavy atom. The first kappa shape index (κ1) is 14.8. The number of alkyl halides is 1. The van der Waals surface area contributed by atoms with E-state index >= 15 is 0 Å². The Labute approximate surface area is 125 Å². The zero-order valence-electron chi connectivity index (χ0n) is 10.5. The maximum Gasteiger partial charge on any atom is 0.251 e. The molecule has 1 aliphatic carbocycles. The van der Waals surface area contributed by atoms with E-state index in [1.165, 1.54) is 6.07 Å². The van der Waals surface area contributed by atoms with Gasteiger partial charge in [-0.3, -0.25) is 4.79 Å². The minimum Gasteiger partial charge on any atom is -0.349 e. The van der Waals surface area contributed by atoms with Crippen molar-refractivity contribution in [1.82, 2.24) is 5.32 Å². The summed E-state index contributed by atoms with van der Waals surface area (Å²) >= 11 is 8.90. The number of hydrogen-bond donors (Lipinski definition) is 1. The van der Waals surface area contributed by atoms with Crippen molar-refractivity contribution in [3.63, 3.8) is 0 Å². The van der Waals surface area contributed by atoms with Crippen molar-refractivity contribution in [3.05, 3.63) is 34.1 Å². The molecule has 5 heteroatoms. The van der Waals surface area contributed by atoms with Crippen LogP contribution in [0.5, 0.6) is 0 Å². The molecule has 0 saturated heterocycles. The van der Waals surface area contributed by atoms with E-state index in [2.05, 4.69) is 21.2 Å². The lowest BCUT2D eigenvalue weighted by atomic mass is 9.87. The number of amides is 1. The highest BCUT2D eigenvalue weighted by Gasteiger charge is 2.22. The van der Waals surface area contributed by atoms with E-state index in [0.29, 0.717) is 21.8 Å². The Kier molecular flexibility index (Phi) is 5.22. The van der Waals surface area contributed by atoms with Gasteiger partial charge in [-0.05, 0) is 65.7 Å². The van der Waals surface area contributed by atoms with Crippen LogP contribution in [0.4, 0.5) is 4.39 Å². The topological polar surface area (TPSA) is 29.1 Å². The van der Waals surface area contributed by atoms with Crippen molar-refractivity contribution < 1.29 is 9.18 Å². The molecular formula is C14H16BrClFNO. The molecule has 0 atom stereocenters. The number of benzene rings is 1. The van der Waals surface area contributed by atoms with Crippen LogP contribution in [0, 0.1) is 11.7 Å². The van der Waals surface area contributed by atoms with Gasteiger partial charge in [-0.25, -0.2) is 4.39 Å². The summed E-state index contributed by atoms with van der Waals surface area (Å²) in [5.41, 5.74) is 0.361. The molecule has 1 aromatic rings. The second kappa shape index (κ2) is 6.71. The van der Waals surface area contributed by atoms with Crippen molar-refractivity contribution in [2.45, 2.75) is 31.7 Å². The summed E-state index contributed by atoms with van der Waals surface area (Å²) in [6.45, 7) is 0. The SMILES string of the molecule is O=C(NC1CCC(CCl)CC1)c1ccc(Br)c(F)c1. The predicted molar refractivity (Wildman–Crippen MR) is 78.0 cm³/mol. The summed E-state index contributed by atoms with van der Waals surface area (Å²) in [6, 6.07) is 4.60. The van der Waals surface area contributed by atoms with Gasteiger partial charge in [0.05, 0.1) is 4.47 Å². The lowest BCUT2D eigenvalue weighted by Crippen LogP contribution is -2.37. The van der Waals surface area contributed by atoms with E-state index in [4.69, 9.17) is 11.6 Å². The van der Waals surface area contributed by atoms with Crippen molar-refractivity contribution in [1.29, 1.82) is 0 Å². The van der Waals surface area contributed by atoms with Crippen LogP contribution in [0.2, 0.25) is 0 Å². The Bertz CT molecular complexity index is 461. The molecule has 0 radical (unpaired) electrons. The Morgan fingerprint density at radius 3 is 2.63 bits per heavy atom. The normalized spacial score (nSPS) is 23.1. The summed E-state index contributed by atoms with van der Waals surface area (Å²) in [6.07, 6.45) is 3.98. The lowest BCUT2D eigenvalue weighted by molar-refractivity contribution is 0.0923. The maximum atomic E-state index is 13.4. The molecule has 2 rings (SSSR count). The first-order chi connectivity index (χ1) is 9.10. The molecule has 0 aliphatic heterocycles. The van der Waals surface area contributed by atoms with Crippen molar-refractivity contribution in [2.24, 2.45) is 5.92 Å². The number of nitrogens with one attached hydrogen (secondary N) is 1. The van der Waals surface area contributed by atoms with Crippen LogP contribution in [0.3, 0.4) is 0 Å². The van der Waals surface area contributed by atoms with E-state index in [-0.39, 0.29) is 11.9 Å². The van der Waals surface area contributed by atoms with Gasteiger partial charge in [-0.15, -0.1) is 11.6 Å². The zero-order chi connectivity index (χ0) is 13.8. The summed E-state index contributed by atoms with van der Waals surface area (Å²) in [5.74, 6) is 0.637. The molecule has 0 spiro atoms. The van der Waals surface area contributed by atoms with Crippen molar-refractivity contribution >= 4 is 33.4 Å². The monoisotopic (exact) mass is 347 g/mol. The summed E-state index contributed by atoms with van der Waals surface area (Å²) in [5, 5.41) is 2.96. The third kappa shape index (κ3) is 3.93. The van der Waals surface area contributed by atoms with Crippen LogP contribution in [0.25, 0.3) is 0 Å². The van der Waals surface area contributed by atoms with Crippen LogP contribution in [0.15, 0.2) is 22.7 Å². The van der Waals surface area contributed by atoms with E-state index in [1.807, 2.05) is 0 Å². The third-order valence-corrected chi connectivity index (χ3v) is 4.66. The molecule has 0 aromatic heterocycles. The van der Waals surface area contributed by atoms with E-state index in [1.54, 1.807) is 12.1 Å². The number of rotatable bonds is 3. The number of carbonyl (C=O) groups excluding carboxylic acids is 1. The molecule has 0 unspecified atom stereocenters. The van der Waals surface area contributed by atoms with E-state index in [0.717, 1.165) is 25.7 Å². The second-order valence-corrected chi connectivity index (χ2v) is 6.14. The second-order valence-electron chi connectivity index (χ2n) is 4.97. The van der Waals surface area contributed by atoms with Gasteiger partial charge in [0.15, 0.2) is 0 Å². The molecule has 0 heterocycles. The van der Waals surface area contributed by atoms with Gasteiger partial charge in [0.1, 0.15) is 5.82 Å². The average Bonchev–Trinajstić information content (AvgIpc) is 2.42. The maximum absolute atomic E-state index is 13.4. The average molecular weight is 349 g/mol. The van der Waals surface area contributed by atoms with Gasteiger partial charge in [0.25, 0.3) is 5.91 Å². The van der Waals surface area contributed by atoms with Gasteiger partial charge >= 0.3 is 0 Å². The molecule has 1 amide bonds. The minimum atomic E-state index is -0.418. The molecule has 0 bridgehead atoms. The van der Waals surface area contributed by atoms with Crippen molar-refractivity contribution in [3.8, 4) is 0 Å². The first-order valence-corrected chi connectivity index (χ1v) is 7.74. The molecule has 1 fully saturated rings. The molecule has 1 saturated carbocycles. The molecule has 19 heavy (non-hydrogen) atoms. The minimum absolute atomic E-state index is 0.179. The predicted octanol–water partition coefficient (Wildman–Crippen LogP) is 4.12. The van der Waals surface area contributed by atoms with Gasteiger partial charge in [0, 0.05) is 17.5 Å². The van der Waals surface area contributed by atoms with Crippen LogP contribution < -0.4 is 5.32 Å². The third-order valence-electron chi connectivity index (χ3n) is 3.58. The Balaban J connectivity index is 1.92. The summed E-state index contributed by atoms with van der Waals surface area (Å²) in [4.78, 5) is 12.0. The lowest BCUT2D eigenvalue weighted by Gasteiger charge is -2.27. The standard InChI is InChI=1S/C14H16BrClFNO/c15-12-6-3-10(7-13(12)17)14(19)18-11-4-1-9(8-16)2-5-11/h3,6-7,9,11H,1-2,4-5,8H2,(H,18,19). The Hall–Kier alpha value is -0.610. The fourth-order valence-electron chi connectivity index (χ4n) is 2.37. The summed E-state index contributed by atoms with van der Waals surface area (Å²) in [7, 11) is 0. The van der Waals surface area contributed by atoms with Crippen LogP contribution >= 0.6 is 27.5 Å². The highest BCUT2D eigenvalue weighted by molar-refractivity contribution is 9.10. The Morgan fingerprint density at radius 1 is 1.37 bits per heavy atom. The molecule has 1 aromatic carbocycles. The van der Waals surface area contributed by atoms with Gasteiger partial charge in [-0.1, -0.05) is 0 Å². The highest BCUT2D eigenvalue weighted by atomic mass is 79.9. The summed E-state index contributed by atoms with van der Waals surface area (Å²) < 4.78 is 13.7. The molecule has 2 nitrogen and oxygen atoms in total. The fourth-order valence-corrected chi connectivity index (χ4v) is 2.92. The first-order valence-electron chi connectivity index (χ1n) is 6.42. The number of halogens is 3. The molecule has 104 valence electrons. The van der Waals surface area contributed by atoms with Crippen LogP contribution in [-0.4, -0.2) is 17.8 Å². The van der Waals surface area contributed by atoms with E-state index in [9.17, 15) is 9.18 Å². The van der Waals surface area contributed by atoms with Crippen LogP contribution in [-0.2, 0) is 0 Å². The number of hydrogen-bond acceptors (Lipinski definition) is 1. The van der Waals surface area contributed by atoms with E-state index < -0.39 is 5.82 Å². The molecule has 1 N–H and O–H groups in total. The van der Waals surface area contributed by atoms with Crippen LogP contribution in [0.1, 0.15) is 36.0 Å². The van der Waals surface area contributed by atoms with Gasteiger partial charge in [0.2, 0.25) is 0 Å². The quantitative estimate of drug-likeness (QED) is 0.818. The van der Waals surface area contributed by atoms with Gasteiger partial charge in [-0.2, -0.15) is 0 Å². The zero-order valence-corrected chi connectivity index (χ0v) is 12.8. The smallest absolute Gasteiger partial charge is 0.251 e. The highest BCUT2D eigenvalue weighted by Crippen LogP contribution is 2.25. The van der Waals surface area contributed by atoms with Crippen molar-refractivity contribution in [2.75, 3.05) is 5.88 Å².